The number of carbonyl (C=O) groups is 3. The first-order valence-electron chi connectivity index (χ1n) is 18.4. The van der Waals surface area contributed by atoms with Gasteiger partial charge in [0, 0.05) is 12.8 Å². The van der Waals surface area contributed by atoms with Crippen molar-refractivity contribution < 1.29 is 49.4 Å². The van der Waals surface area contributed by atoms with Gasteiger partial charge in [0.1, 0.15) is 29.8 Å². The maximum atomic E-state index is 14.4. The molecule has 1 heterocycles. The van der Waals surface area contributed by atoms with Crippen molar-refractivity contribution in [3.63, 3.8) is 0 Å². The molecule has 5 fully saturated rings. The minimum atomic E-state index is -1.35. The van der Waals surface area contributed by atoms with Gasteiger partial charge >= 0.3 is 11.9 Å². The Balaban J connectivity index is 0.000000330. The molecule has 0 aromatic heterocycles. The van der Waals surface area contributed by atoms with Crippen molar-refractivity contribution in [3.05, 3.63) is 11.6 Å². The van der Waals surface area contributed by atoms with Gasteiger partial charge in [0.05, 0.1) is 12.6 Å². The van der Waals surface area contributed by atoms with Crippen molar-refractivity contribution in [2.24, 2.45) is 62.4 Å². The van der Waals surface area contributed by atoms with Crippen LogP contribution in [0.15, 0.2) is 11.6 Å². The molecule has 4 saturated carbocycles. The molecule has 1 saturated heterocycles. The second-order valence-corrected chi connectivity index (χ2v) is 17.8. The minimum absolute atomic E-state index is 0.0680. The van der Waals surface area contributed by atoms with Gasteiger partial charge < -0.3 is 40.7 Å². The standard InChI is InChI=1S/C32H48O5.C6H13NO5/c1-18-9-12-28(4)15-16-30(6)21(25(28)19(18)2)17-22(34)26-29(5)13-11-24(37-20(3)33)32(8,27(35)36)23(29)10-14-31(26,30)7;7-3-5(10)4(9)2(1-8)12-6(3)11/h17-19,23-26H,9-16H2,1-8H3,(H,35,36);2-6,8-11H,1,7H2/t18-,19+,23?,24-,25?,26?,28-,29+,30-,31-,32-;2-,3-,4-,5-,6-/m11/s1. The molecular formula is C38H61NO10. The molecule has 5 aliphatic carbocycles. The number of nitrogens with two attached hydrogens (primary N) is 1. The zero-order valence-electron chi connectivity index (χ0n) is 30.6. The van der Waals surface area contributed by atoms with Crippen LogP contribution in [0.25, 0.3) is 0 Å². The predicted octanol–water partition coefficient (Wildman–Crippen LogP) is 3.58. The number of esters is 1. The van der Waals surface area contributed by atoms with Crippen molar-refractivity contribution in [3.8, 4) is 0 Å². The average molecular weight is 692 g/mol. The zero-order chi connectivity index (χ0) is 36.6. The van der Waals surface area contributed by atoms with E-state index in [9.17, 15) is 29.7 Å². The van der Waals surface area contributed by atoms with Crippen LogP contribution in [0.5, 0.6) is 0 Å². The summed E-state index contributed by atoms with van der Waals surface area (Å²) in [4.78, 5) is 39.1. The van der Waals surface area contributed by atoms with Gasteiger partial charge in [-0.25, -0.2) is 0 Å². The van der Waals surface area contributed by atoms with E-state index in [0.717, 1.165) is 19.3 Å². The highest BCUT2D eigenvalue weighted by Gasteiger charge is 2.72. The average Bonchev–Trinajstić information content (AvgIpc) is 3.02. The van der Waals surface area contributed by atoms with E-state index >= 15 is 0 Å². The van der Waals surface area contributed by atoms with E-state index in [2.05, 4.69) is 47.6 Å². The van der Waals surface area contributed by atoms with Crippen molar-refractivity contribution in [1.82, 2.24) is 0 Å². The second kappa shape index (κ2) is 13.0. The van der Waals surface area contributed by atoms with E-state index in [1.54, 1.807) is 6.92 Å². The number of hydrogen-bond acceptors (Lipinski definition) is 10. The Morgan fingerprint density at radius 3 is 2.20 bits per heavy atom. The van der Waals surface area contributed by atoms with Gasteiger partial charge in [0.25, 0.3) is 0 Å². The molecule has 3 unspecified atom stereocenters. The molecule has 1 aliphatic heterocycles. The second-order valence-electron chi connectivity index (χ2n) is 17.8. The fourth-order valence-corrected chi connectivity index (χ4v) is 12.1. The number of fused-ring (bicyclic) bond motifs is 7. The number of aliphatic carboxylic acids is 1. The summed E-state index contributed by atoms with van der Waals surface area (Å²) >= 11 is 0. The first kappa shape index (κ1) is 38.3. The molecule has 11 nitrogen and oxygen atoms in total. The molecule has 0 spiro atoms. The number of ether oxygens (including phenoxy) is 2. The molecule has 7 N–H and O–H groups in total. The van der Waals surface area contributed by atoms with Crippen molar-refractivity contribution in [2.45, 2.75) is 144 Å². The Labute approximate surface area is 291 Å². The number of carboxylic acid groups (broad SMARTS) is 1. The molecule has 16 atom stereocenters. The van der Waals surface area contributed by atoms with Crippen LogP contribution >= 0.6 is 0 Å². The van der Waals surface area contributed by atoms with Gasteiger partial charge in [-0.3, -0.25) is 14.4 Å². The van der Waals surface area contributed by atoms with E-state index in [1.165, 1.54) is 31.8 Å². The highest BCUT2D eigenvalue weighted by atomic mass is 16.6. The van der Waals surface area contributed by atoms with Crippen molar-refractivity contribution >= 4 is 17.7 Å². The monoisotopic (exact) mass is 691 g/mol. The van der Waals surface area contributed by atoms with Crippen LogP contribution in [-0.4, -0.2) is 86.6 Å². The van der Waals surface area contributed by atoms with E-state index < -0.39 is 66.1 Å². The highest BCUT2D eigenvalue weighted by molar-refractivity contribution is 5.96. The molecule has 0 bridgehead atoms. The summed E-state index contributed by atoms with van der Waals surface area (Å²) in [6, 6.07) is -1.04. The highest BCUT2D eigenvalue weighted by Crippen LogP contribution is 2.75. The van der Waals surface area contributed by atoms with E-state index in [0.29, 0.717) is 30.6 Å². The van der Waals surface area contributed by atoms with Crippen LogP contribution < -0.4 is 5.73 Å². The minimum Gasteiger partial charge on any atom is -0.481 e. The van der Waals surface area contributed by atoms with Gasteiger partial charge in [0.2, 0.25) is 0 Å². The number of hydrogen-bond donors (Lipinski definition) is 6. The molecule has 6 rings (SSSR count). The lowest BCUT2D eigenvalue weighted by atomic mass is 9.33. The normalized spacial score (nSPS) is 52.1. The van der Waals surface area contributed by atoms with Crippen LogP contribution in [0.3, 0.4) is 0 Å². The lowest BCUT2D eigenvalue weighted by Gasteiger charge is -2.70. The molecule has 0 radical (unpaired) electrons. The smallest absolute Gasteiger partial charge is 0.313 e. The Morgan fingerprint density at radius 1 is 0.959 bits per heavy atom. The first-order chi connectivity index (χ1) is 22.6. The zero-order valence-corrected chi connectivity index (χ0v) is 30.6. The predicted molar refractivity (Wildman–Crippen MR) is 181 cm³/mol. The SMILES string of the molecule is CC(=O)O[C@@H]1CC[C@@]2(C)C(CC[C@]3(C)C2C(=O)C=C2C4[C@@H](C)[C@H](C)CC[C@]4(C)CC[C@]23C)[C@@]1(C)C(=O)O.N[C@@H]1[C@@H](O)[C@H](O)[C@@H](CO)O[C@H]1O. The van der Waals surface area contributed by atoms with E-state index in [1.807, 2.05) is 0 Å². The summed E-state index contributed by atoms with van der Waals surface area (Å²) < 4.78 is 10.3. The number of carbonyl (C=O) groups excluding carboxylic acids is 2. The van der Waals surface area contributed by atoms with Crippen molar-refractivity contribution in [1.29, 1.82) is 0 Å². The summed E-state index contributed by atoms with van der Waals surface area (Å²) in [5.41, 5.74) is 4.98. The summed E-state index contributed by atoms with van der Waals surface area (Å²) in [6.07, 6.45) is 4.11. The lowest BCUT2D eigenvalue weighted by Crippen LogP contribution is -2.68. The molecular weight excluding hydrogens is 630 g/mol. The molecule has 0 aromatic carbocycles. The maximum absolute atomic E-state index is 14.4. The largest absolute Gasteiger partial charge is 0.481 e. The maximum Gasteiger partial charge on any atom is 0.313 e. The Morgan fingerprint density at radius 2 is 1.61 bits per heavy atom. The van der Waals surface area contributed by atoms with Gasteiger partial charge in [-0.1, -0.05) is 47.1 Å². The summed E-state index contributed by atoms with van der Waals surface area (Å²) in [5, 5.41) is 46.6. The Bertz CT molecular complexity index is 1350. The lowest BCUT2D eigenvalue weighted by molar-refractivity contribution is -0.248. The van der Waals surface area contributed by atoms with Crippen LogP contribution in [0.4, 0.5) is 0 Å². The number of aliphatic hydroxyl groups is 4. The third-order valence-electron chi connectivity index (χ3n) is 15.5. The van der Waals surface area contributed by atoms with E-state index in [4.69, 9.17) is 25.4 Å². The molecule has 0 amide bonds. The molecule has 278 valence electrons. The summed E-state index contributed by atoms with van der Waals surface area (Å²) in [5.74, 6) is 0.0756. The molecule has 6 aliphatic rings. The Kier molecular flexibility index (Phi) is 10.1. The Hall–Kier alpha value is -1.89. The molecule has 11 heteroatoms. The first-order valence-corrected chi connectivity index (χ1v) is 18.4. The van der Waals surface area contributed by atoms with Gasteiger partial charge in [-0.2, -0.15) is 0 Å². The fourth-order valence-electron chi connectivity index (χ4n) is 12.1. The topological polar surface area (TPSA) is 197 Å². The third kappa shape index (κ3) is 5.64. The number of aliphatic hydroxyl groups excluding tert-OH is 4. The van der Waals surface area contributed by atoms with Gasteiger partial charge in [-0.15, -0.1) is 0 Å². The van der Waals surface area contributed by atoms with Crippen LogP contribution in [0.1, 0.15) is 107 Å². The number of carboxylic acids is 1. The van der Waals surface area contributed by atoms with Crippen LogP contribution in [0.2, 0.25) is 0 Å². The summed E-state index contributed by atoms with van der Waals surface area (Å²) in [6.45, 7) is 16.9. The number of allylic oxidation sites excluding steroid dienone is 2. The molecule has 49 heavy (non-hydrogen) atoms. The number of rotatable bonds is 3. The fraction of sp³-hybridized carbons (Fsp3) is 0.868. The van der Waals surface area contributed by atoms with E-state index in [-0.39, 0.29) is 33.9 Å². The quantitative estimate of drug-likeness (QED) is 0.237. The molecule has 0 aromatic rings. The number of ketones is 1. The van der Waals surface area contributed by atoms with Gasteiger partial charge in [0.15, 0.2) is 12.1 Å². The summed E-state index contributed by atoms with van der Waals surface area (Å²) in [7, 11) is 0. The van der Waals surface area contributed by atoms with Gasteiger partial charge in [-0.05, 0) is 110 Å². The van der Waals surface area contributed by atoms with Crippen LogP contribution in [-0.2, 0) is 23.9 Å². The van der Waals surface area contributed by atoms with Crippen LogP contribution in [0, 0.1) is 56.7 Å². The third-order valence-corrected chi connectivity index (χ3v) is 15.5. The van der Waals surface area contributed by atoms with Crippen molar-refractivity contribution in [2.75, 3.05) is 6.61 Å².